The fraction of sp³-hybridized carbons (Fsp3) is 0.875. The van der Waals surface area contributed by atoms with Gasteiger partial charge in [0.1, 0.15) is 5.88 Å². The lowest BCUT2D eigenvalue weighted by Gasteiger charge is -2.33. The number of aliphatic hydroxyl groups excluding tert-OH is 1. The number of amides is 1. The van der Waals surface area contributed by atoms with E-state index in [4.69, 9.17) is 11.6 Å². The number of rotatable bonds is 1. The van der Waals surface area contributed by atoms with Gasteiger partial charge in [0.25, 0.3) is 0 Å². The van der Waals surface area contributed by atoms with Crippen LogP contribution in [0.4, 0.5) is 0 Å². The summed E-state index contributed by atoms with van der Waals surface area (Å²) in [5, 5.41) is 9.36. The molecule has 0 aliphatic carbocycles. The number of aliphatic hydroxyl groups is 1. The van der Waals surface area contributed by atoms with Gasteiger partial charge in [-0.25, -0.2) is 0 Å². The van der Waals surface area contributed by atoms with Crippen molar-refractivity contribution < 1.29 is 9.90 Å². The molecule has 12 heavy (non-hydrogen) atoms. The predicted octanol–water partition coefficient (Wildman–Crippen LogP) is 0.454. The standard InChI is InChI=1S/C8H14ClNO2/c1-6-2-7(11)5-10(4-6)8(12)3-9/h6-7,11H,2-5H2,1H3. The molecule has 1 aliphatic heterocycles. The zero-order valence-corrected chi connectivity index (χ0v) is 7.92. The van der Waals surface area contributed by atoms with Gasteiger partial charge in [-0.1, -0.05) is 6.92 Å². The molecule has 0 bridgehead atoms. The van der Waals surface area contributed by atoms with E-state index in [0.29, 0.717) is 12.5 Å². The Morgan fingerprint density at radius 3 is 2.83 bits per heavy atom. The van der Waals surface area contributed by atoms with Gasteiger partial charge in [-0.3, -0.25) is 4.79 Å². The summed E-state index contributed by atoms with van der Waals surface area (Å²) in [7, 11) is 0. The molecular formula is C8H14ClNO2. The Kier molecular flexibility index (Phi) is 3.35. The molecular weight excluding hydrogens is 178 g/mol. The molecule has 0 aromatic rings. The highest BCUT2D eigenvalue weighted by Crippen LogP contribution is 2.16. The number of halogens is 1. The van der Waals surface area contributed by atoms with E-state index >= 15 is 0 Å². The molecule has 1 N–H and O–H groups in total. The monoisotopic (exact) mass is 191 g/mol. The molecule has 0 spiro atoms. The van der Waals surface area contributed by atoms with E-state index in [9.17, 15) is 9.90 Å². The third kappa shape index (κ3) is 2.35. The number of hydrogen-bond donors (Lipinski definition) is 1. The van der Waals surface area contributed by atoms with Crippen molar-refractivity contribution in [2.24, 2.45) is 5.92 Å². The first kappa shape index (κ1) is 9.81. The van der Waals surface area contributed by atoms with Gasteiger partial charge < -0.3 is 10.0 Å². The first-order valence-corrected chi connectivity index (χ1v) is 4.68. The summed E-state index contributed by atoms with van der Waals surface area (Å²) in [5.41, 5.74) is 0. The molecule has 70 valence electrons. The number of nitrogens with zero attached hydrogens (tertiary/aromatic N) is 1. The molecule has 0 aromatic heterocycles. The van der Waals surface area contributed by atoms with Gasteiger partial charge in [0.05, 0.1) is 6.10 Å². The highest BCUT2D eigenvalue weighted by Gasteiger charge is 2.25. The van der Waals surface area contributed by atoms with Crippen LogP contribution in [0.25, 0.3) is 0 Å². The molecule has 2 unspecified atom stereocenters. The molecule has 1 amide bonds. The van der Waals surface area contributed by atoms with Crippen LogP contribution in [0.15, 0.2) is 0 Å². The number of carbonyl (C=O) groups excluding carboxylic acids is 1. The van der Waals surface area contributed by atoms with Gasteiger partial charge >= 0.3 is 0 Å². The molecule has 0 radical (unpaired) electrons. The van der Waals surface area contributed by atoms with Crippen LogP contribution in [-0.2, 0) is 4.79 Å². The number of β-amino-alcohol motifs (C(OH)–C–C–N with tert-alkyl or cyclic N) is 1. The van der Waals surface area contributed by atoms with Crippen LogP contribution in [0, 0.1) is 5.92 Å². The lowest BCUT2D eigenvalue weighted by atomic mass is 9.98. The highest BCUT2D eigenvalue weighted by atomic mass is 35.5. The van der Waals surface area contributed by atoms with Crippen molar-refractivity contribution in [1.29, 1.82) is 0 Å². The van der Waals surface area contributed by atoms with Crippen LogP contribution in [-0.4, -0.2) is 41.0 Å². The van der Waals surface area contributed by atoms with Gasteiger partial charge in [-0.05, 0) is 12.3 Å². The molecule has 1 saturated heterocycles. The van der Waals surface area contributed by atoms with Crippen molar-refractivity contribution in [3.05, 3.63) is 0 Å². The number of alkyl halides is 1. The summed E-state index contributed by atoms with van der Waals surface area (Å²) < 4.78 is 0. The first-order chi connectivity index (χ1) is 5.63. The maximum atomic E-state index is 11.1. The minimum absolute atomic E-state index is 0.0133. The zero-order chi connectivity index (χ0) is 9.14. The van der Waals surface area contributed by atoms with Crippen LogP contribution < -0.4 is 0 Å². The Morgan fingerprint density at radius 2 is 2.33 bits per heavy atom. The van der Waals surface area contributed by atoms with Gasteiger partial charge in [0.15, 0.2) is 0 Å². The Labute approximate surface area is 77.3 Å². The Bertz CT molecular complexity index is 164. The summed E-state index contributed by atoms with van der Waals surface area (Å²) in [6.45, 7) is 3.19. The van der Waals surface area contributed by atoms with E-state index in [2.05, 4.69) is 0 Å². The Hall–Kier alpha value is -0.280. The quantitative estimate of drug-likeness (QED) is 0.612. The summed E-state index contributed by atoms with van der Waals surface area (Å²) in [6, 6.07) is 0. The fourth-order valence-corrected chi connectivity index (χ4v) is 1.78. The number of piperidine rings is 1. The number of hydrogen-bond acceptors (Lipinski definition) is 2. The minimum Gasteiger partial charge on any atom is -0.391 e. The molecule has 1 heterocycles. The smallest absolute Gasteiger partial charge is 0.237 e. The maximum absolute atomic E-state index is 11.1. The van der Waals surface area contributed by atoms with Gasteiger partial charge in [-0.15, -0.1) is 11.6 Å². The second kappa shape index (κ2) is 4.10. The van der Waals surface area contributed by atoms with Gasteiger partial charge in [0, 0.05) is 13.1 Å². The van der Waals surface area contributed by atoms with Crippen LogP contribution in [0.3, 0.4) is 0 Å². The molecule has 1 rings (SSSR count). The third-order valence-electron chi connectivity index (χ3n) is 2.10. The molecule has 0 aromatic carbocycles. The van der Waals surface area contributed by atoms with E-state index < -0.39 is 0 Å². The van der Waals surface area contributed by atoms with E-state index in [0.717, 1.165) is 13.0 Å². The maximum Gasteiger partial charge on any atom is 0.237 e. The van der Waals surface area contributed by atoms with Crippen molar-refractivity contribution in [3.63, 3.8) is 0 Å². The zero-order valence-electron chi connectivity index (χ0n) is 7.16. The topological polar surface area (TPSA) is 40.5 Å². The third-order valence-corrected chi connectivity index (χ3v) is 2.33. The highest BCUT2D eigenvalue weighted by molar-refractivity contribution is 6.27. The largest absolute Gasteiger partial charge is 0.391 e. The second-order valence-electron chi connectivity index (χ2n) is 3.43. The summed E-state index contributed by atoms with van der Waals surface area (Å²) >= 11 is 5.41. The van der Waals surface area contributed by atoms with Crippen molar-refractivity contribution >= 4 is 17.5 Å². The number of likely N-dealkylation sites (tertiary alicyclic amines) is 1. The SMILES string of the molecule is CC1CC(O)CN(C(=O)CCl)C1. The van der Waals surface area contributed by atoms with E-state index in [1.54, 1.807) is 4.90 Å². The average Bonchev–Trinajstić information content (AvgIpc) is 2.01. The molecule has 1 aliphatic rings. The first-order valence-electron chi connectivity index (χ1n) is 4.15. The van der Waals surface area contributed by atoms with Crippen molar-refractivity contribution in [2.45, 2.75) is 19.4 Å². The lowest BCUT2D eigenvalue weighted by Crippen LogP contribution is -2.46. The van der Waals surface area contributed by atoms with Crippen molar-refractivity contribution in [2.75, 3.05) is 19.0 Å². The van der Waals surface area contributed by atoms with E-state index in [1.807, 2.05) is 6.92 Å². The van der Waals surface area contributed by atoms with E-state index in [1.165, 1.54) is 0 Å². The summed E-state index contributed by atoms with van der Waals surface area (Å²) in [4.78, 5) is 12.8. The van der Waals surface area contributed by atoms with Crippen LogP contribution in [0.2, 0.25) is 0 Å². The van der Waals surface area contributed by atoms with Crippen LogP contribution in [0.1, 0.15) is 13.3 Å². The van der Waals surface area contributed by atoms with Crippen molar-refractivity contribution in [1.82, 2.24) is 4.90 Å². The molecule has 4 heteroatoms. The average molecular weight is 192 g/mol. The molecule has 0 saturated carbocycles. The van der Waals surface area contributed by atoms with Gasteiger partial charge in [0.2, 0.25) is 5.91 Å². The number of carbonyl (C=O) groups is 1. The van der Waals surface area contributed by atoms with Crippen LogP contribution >= 0.6 is 11.6 Å². The summed E-state index contributed by atoms with van der Waals surface area (Å²) in [5.74, 6) is 0.308. The Balaban J connectivity index is 2.49. The lowest BCUT2D eigenvalue weighted by molar-refractivity contribution is -0.132. The second-order valence-corrected chi connectivity index (χ2v) is 3.69. The molecule has 2 atom stereocenters. The van der Waals surface area contributed by atoms with Crippen LogP contribution in [0.5, 0.6) is 0 Å². The van der Waals surface area contributed by atoms with Crippen molar-refractivity contribution in [3.8, 4) is 0 Å². The fourth-order valence-electron chi connectivity index (χ4n) is 1.61. The molecule has 3 nitrogen and oxygen atoms in total. The molecule has 1 fully saturated rings. The summed E-state index contributed by atoms with van der Waals surface area (Å²) in [6.07, 6.45) is 0.410. The minimum atomic E-state index is -0.374. The van der Waals surface area contributed by atoms with E-state index in [-0.39, 0.29) is 17.9 Å². The van der Waals surface area contributed by atoms with Gasteiger partial charge in [-0.2, -0.15) is 0 Å². The normalized spacial score (nSPS) is 30.4. The Morgan fingerprint density at radius 1 is 1.67 bits per heavy atom. The predicted molar refractivity (Wildman–Crippen MR) is 47.1 cm³/mol.